The predicted octanol–water partition coefficient (Wildman–Crippen LogP) is 3.84. The molecule has 0 saturated carbocycles. The van der Waals surface area contributed by atoms with Crippen LogP contribution in [0.25, 0.3) is 10.2 Å². The first-order valence-corrected chi connectivity index (χ1v) is 10.4. The van der Waals surface area contributed by atoms with E-state index >= 15 is 0 Å². The maximum atomic E-state index is 12.6. The molecular formula is C21H19ClN2O5S. The van der Waals surface area contributed by atoms with Crippen molar-refractivity contribution in [3.8, 4) is 0 Å². The van der Waals surface area contributed by atoms with Crippen molar-refractivity contribution in [3.63, 3.8) is 0 Å². The lowest BCUT2D eigenvalue weighted by Gasteiger charge is -2.06. The first kappa shape index (κ1) is 21.7. The maximum Gasteiger partial charge on any atom is 0.338 e. The summed E-state index contributed by atoms with van der Waals surface area (Å²) in [6.07, 6.45) is 0. The lowest BCUT2D eigenvalue weighted by Crippen LogP contribution is -2.23. The second kappa shape index (κ2) is 9.69. The number of ether oxygens (including phenoxy) is 2. The smallest absolute Gasteiger partial charge is 0.338 e. The minimum absolute atomic E-state index is 0.117. The number of benzene rings is 2. The second-order valence-corrected chi connectivity index (χ2v) is 7.55. The monoisotopic (exact) mass is 446 g/mol. The number of esters is 2. The third kappa shape index (κ3) is 4.95. The molecule has 7 nitrogen and oxygen atoms in total. The Labute approximate surface area is 181 Å². The van der Waals surface area contributed by atoms with Crippen LogP contribution in [0, 0.1) is 0 Å². The number of rotatable bonds is 6. The average Bonchev–Trinajstić information content (AvgIpc) is 3.04. The van der Waals surface area contributed by atoms with E-state index in [2.05, 4.69) is 4.99 Å². The van der Waals surface area contributed by atoms with Crippen LogP contribution in [0.4, 0.5) is 0 Å². The first-order chi connectivity index (χ1) is 14.4. The molecule has 0 saturated heterocycles. The van der Waals surface area contributed by atoms with Gasteiger partial charge in [0.2, 0.25) is 0 Å². The fourth-order valence-corrected chi connectivity index (χ4v) is 4.02. The first-order valence-electron chi connectivity index (χ1n) is 9.23. The van der Waals surface area contributed by atoms with E-state index in [0.29, 0.717) is 31.2 Å². The molecule has 1 amide bonds. The fraction of sp³-hybridized carbons (Fsp3) is 0.238. The number of hydrogen-bond donors (Lipinski definition) is 0. The molecule has 0 radical (unpaired) electrons. The summed E-state index contributed by atoms with van der Waals surface area (Å²) in [5, 5.41) is 0.422. The molecule has 0 atom stereocenters. The van der Waals surface area contributed by atoms with Crippen LogP contribution in [-0.4, -0.2) is 35.6 Å². The van der Waals surface area contributed by atoms with E-state index in [1.165, 1.54) is 17.4 Å². The van der Waals surface area contributed by atoms with Gasteiger partial charge in [0.1, 0.15) is 6.54 Å². The van der Waals surface area contributed by atoms with E-state index in [1.807, 2.05) is 0 Å². The van der Waals surface area contributed by atoms with Crippen molar-refractivity contribution >= 4 is 51.0 Å². The summed E-state index contributed by atoms with van der Waals surface area (Å²) in [7, 11) is 0. The summed E-state index contributed by atoms with van der Waals surface area (Å²) < 4.78 is 12.4. The third-order valence-corrected chi connectivity index (χ3v) is 5.33. The van der Waals surface area contributed by atoms with Crippen molar-refractivity contribution in [1.29, 1.82) is 0 Å². The van der Waals surface area contributed by atoms with Gasteiger partial charge in [0.25, 0.3) is 5.91 Å². The van der Waals surface area contributed by atoms with Gasteiger partial charge in [0, 0.05) is 10.6 Å². The van der Waals surface area contributed by atoms with Crippen LogP contribution >= 0.6 is 22.9 Å². The maximum absolute atomic E-state index is 12.6. The number of aromatic nitrogens is 1. The van der Waals surface area contributed by atoms with Crippen molar-refractivity contribution in [2.45, 2.75) is 20.4 Å². The Bertz CT molecular complexity index is 1180. The molecule has 9 heteroatoms. The van der Waals surface area contributed by atoms with Crippen LogP contribution < -0.4 is 4.80 Å². The molecule has 1 aromatic heterocycles. The highest BCUT2D eigenvalue weighted by atomic mass is 35.5. The lowest BCUT2D eigenvalue weighted by atomic mass is 10.2. The zero-order chi connectivity index (χ0) is 21.7. The number of carbonyl (C=O) groups is 3. The van der Waals surface area contributed by atoms with Gasteiger partial charge >= 0.3 is 11.9 Å². The van der Waals surface area contributed by atoms with Gasteiger partial charge in [0.05, 0.1) is 29.0 Å². The lowest BCUT2D eigenvalue weighted by molar-refractivity contribution is -0.143. The predicted molar refractivity (Wildman–Crippen MR) is 114 cm³/mol. The highest BCUT2D eigenvalue weighted by molar-refractivity contribution is 7.16. The molecular weight excluding hydrogens is 428 g/mol. The Morgan fingerprint density at radius 1 is 1.03 bits per heavy atom. The number of nitrogens with zero attached hydrogens (tertiary/aromatic N) is 2. The summed E-state index contributed by atoms with van der Waals surface area (Å²) in [4.78, 5) is 41.3. The Kier molecular flexibility index (Phi) is 7.02. The molecule has 1 heterocycles. The zero-order valence-electron chi connectivity index (χ0n) is 16.4. The van der Waals surface area contributed by atoms with Gasteiger partial charge < -0.3 is 14.0 Å². The van der Waals surface area contributed by atoms with Gasteiger partial charge in [0.15, 0.2) is 4.80 Å². The molecule has 0 bridgehead atoms. The molecule has 156 valence electrons. The minimum Gasteiger partial charge on any atom is -0.465 e. The van der Waals surface area contributed by atoms with Crippen LogP contribution in [0.2, 0.25) is 5.02 Å². The van der Waals surface area contributed by atoms with E-state index in [9.17, 15) is 14.4 Å². The Balaban J connectivity index is 2.11. The van der Waals surface area contributed by atoms with Gasteiger partial charge in [-0.2, -0.15) is 4.99 Å². The van der Waals surface area contributed by atoms with Crippen LogP contribution in [-0.2, 0) is 20.8 Å². The van der Waals surface area contributed by atoms with Crippen LogP contribution in [0.5, 0.6) is 0 Å². The number of halogens is 1. The number of amides is 1. The van der Waals surface area contributed by atoms with Gasteiger partial charge in [-0.3, -0.25) is 9.59 Å². The van der Waals surface area contributed by atoms with Crippen molar-refractivity contribution in [2.24, 2.45) is 4.99 Å². The Hall–Kier alpha value is -2.97. The molecule has 0 aliphatic carbocycles. The highest BCUT2D eigenvalue weighted by Gasteiger charge is 2.15. The molecule has 0 unspecified atom stereocenters. The van der Waals surface area contributed by atoms with E-state index in [1.54, 1.807) is 54.8 Å². The summed E-state index contributed by atoms with van der Waals surface area (Å²) in [5.41, 5.74) is 1.36. The molecule has 0 aliphatic rings. The molecule has 0 fully saturated rings. The van der Waals surface area contributed by atoms with Crippen molar-refractivity contribution in [1.82, 2.24) is 4.57 Å². The zero-order valence-corrected chi connectivity index (χ0v) is 18.0. The van der Waals surface area contributed by atoms with E-state index < -0.39 is 17.8 Å². The van der Waals surface area contributed by atoms with Crippen molar-refractivity contribution < 1.29 is 23.9 Å². The van der Waals surface area contributed by atoms with Crippen molar-refractivity contribution in [2.75, 3.05) is 13.2 Å². The van der Waals surface area contributed by atoms with Gasteiger partial charge in [-0.25, -0.2) is 4.79 Å². The number of carbonyl (C=O) groups excluding carboxylic acids is 3. The SMILES string of the molecule is CCOC(=O)Cn1c(=NC(=O)c2cccc(Cl)c2)sc2cc(C(=O)OCC)ccc21. The summed E-state index contributed by atoms with van der Waals surface area (Å²) >= 11 is 7.15. The molecule has 3 rings (SSSR count). The molecule has 2 aromatic carbocycles. The average molecular weight is 447 g/mol. The minimum atomic E-state index is -0.493. The van der Waals surface area contributed by atoms with E-state index in [-0.39, 0.29) is 19.8 Å². The van der Waals surface area contributed by atoms with E-state index in [0.717, 1.165) is 0 Å². The quantitative estimate of drug-likeness (QED) is 0.537. The normalized spacial score (nSPS) is 11.5. The third-order valence-electron chi connectivity index (χ3n) is 4.06. The van der Waals surface area contributed by atoms with Gasteiger partial charge in [-0.1, -0.05) is 29.0 Å². The molecule has 0 aliphatic heterocycles. The largest absolute Gasteiger partial charge is 0.465 e. The van der Waals surface area contributed by atoms with Crippen LogP contribution in [0.3, 0.4) is 0 Å². The van der Waals surface area contributed by atoms with E-state index in [4.69, 9.17) is 21.1 Å². The van der Waals surface area contributed by atoms with Gasteiger partial charge in [-0.05, 0) is 50.2 Å². The fourth-order valence-electron chi connectivity index (χ4n) is 2.76. The number of hydrogen-bond acceptors (Lipinski definition) is 6. The summed E-state index contributed by atoms with van der Waals surface area (Å²) in [5.74, 6) is -1.39. The summed E-state index contributed by atoms with van der Waals surface area (Å²) in [6.45, 7) is 3.83. The molecule has 0 N–H and O–H groups in total. The number of thiazole rings is 1. The summed E-state index contributed by atoms with van der Waals surface area (Å²) in [6, 6.07) is 11.4. The van der Waals surface area contributed by atoms with Crippen LogP contribution in [0.15, 0.2) is 47.5 Å². The highest BCUT2D eigenvalue weighted by Crippen LogP contribution is 2.20. The Morgan fingerprint density at radius 2 is 1.80 bits per heavy atom. The standard InChI is InChI=1S/C21H19ClN2O5S/c1-3-28-18(25)12-24-16-9-8-14(20(27)29-4-2)11-17(16)30-21(24)23-19(26)13-6-5-7-15(22)10-13/h5-11H,3-4,12H2,1-2H3. The topological polar surface area (TPSA) is 87.0 Å². The number of fused-ring (bicyclic) bond motifs is 1. The second-order valence-electron chi connectivity index (χ2n) is 6.11. The van der Waals surface area contributed by atoms with Gasteiger partial charge in [-0.15, -0.1) is 0 Å². The molecule has 0 spiro atoms. The Morgan fingerprint density at radius 3 is 2.50 bits per heavy atom. The molecule has 3 aromatic rings. The molecule has 30 heavy (non-hydrogen) atoms. The van der Waals surface area contributed by atoms with Crippen molar-refractivity contribution in [3.05, 3.63) is 63.4 Å². The van der Waals surface area contributed by atoms with Crippen LogP contribution in [0.1, 0.15) is 34.6 Å².